The maximum atomic E-state index is 12.9. The van der Waals surface area contributed by atoms with Crippen molar-refractivity contribution in [1.29, 1.82) is 5.26 Å². The molecule has 0 aliphatic rings. The molecule has 2 N–H and O–H groups in total. The van der Waals surface area contributed by atoms with E-state index in [9.17, 15) is 23.3 Å². The minimum absolute atomic E-state index is 0.0512. The Labute approximate surface area is 223 Å². The van der Waals surface area contributed by atoms with Crippen molar-refractivity contribution in [2.75, 3.05) is 17.7 Å². The number of nitriles is 1. The first kappa shape index (κ1) is 27.4. The summed E-state index contributed by atoms with van der Waals surface area (Å²) in [4.78, 5) is 23.6. The van der Waals surface area contributed by atoms with Crippen molar-refractivity contribution in [2.24, 2.45) is 0 Å². The number of nitrogens with zero attached hydrogens (tertiary/aromatic N) is 1. The molecule has 0 heterocycles. The van der Waals surface area contributed by atoms with Crippen molar-refractivity contribution >= 4 is 55.3 Å². The summed E-state index contributed by atoms with van der Waals surface area (Å²) >= 11 is 3.28. The molecule has 0 spiro atoms. The van der Waals surface area contributed by atoms with E-state index in [2.05, 4.69) is 26.6 Å². The third kappa shape index (κ3) is 7.19. The first-order valence-corrected chi connectivity index (χ1v) is 12.9. The van der Waals surface area contributed by atoms with Crippen LogP contribution in [-0.2, 0) is 19.7 Å². The van der Waals surface area contributed by atoms with Crippen molar-refractivity contribution in [3.05, 3.63) is 81.8 Å². The third-order valence-corrected chi connectivity index (χ3v) is 6.72. The van der Waals surface area contributed by atoms with Gasteiger partial charge in [-0.2, -0.15) is 13.7 Å². The van der Waals surface area contributed by atoms with Gasteiger partial charge in [-0.05, 0) is 83.0 Å². The van der Waals surface area contributed by atoms with Gasteiger partial charge in [0, 0.05) is 18.3 Å². The molecule has 0 fully saturated rings. The van der Waals surface area contributed by atoms with Gasteiger partial charge < -0.3 is 19.6 Å². The van der Waals surface area contributed by atoms with Gasteiger partial charge in [0.05, 0.1) is 11.6 Å². The highest BCUT2D eigenvalue weighted by molar-refractivity contribution is 9.10. The molecule has 3 aromatic carbocycles. The van der Waals surface area contributed by atoms with E-state index in [-0.39, 0.29) is 32.3 Å². The summed E-state index contributed by atoms with van der Waals surface area (Å²) in [6, 6.07) is 17.4. The zero-order valence-corrected chi connectivity index (χ0v) is 22.4. The van der Waals surface area contributed by atoms with Gasteiger partial charge in [0.2, 0.25) is 5.91 Å². The molecule has 37 heavy (non-hydrogen) atoms. The lowest BCUT2D eigenvalue weighted by molar-refractivity contribution is -0.114. The van der Waals surface area contributed by atoms with E-state index in [0.29, 0.717) is 16.9 Å². The van der Waals surface area contributed by atoms with Crippen LogP contribution in [0.4, 0.5) is 11.4 Å². The van der Waals surface area contributed by atoms with Crippen LogP contribution in [-0.4, -0.2) is 27.3 Å². The number of nitrogens with one attached hydrogen (secondary N) is 2. The summed E-state index contributed by atoms with van der Waals surface area (Å²) in [6.07, 6.45) is 1.34. The Morgan fingerprint density at radius 2 is 1.59 bits per heavy atom. The van der Waals surface area contributed by atoms with Crippen LogP contribution < -0.4 is 19.6 Å². The summed E-state index contributed by atoms with van der Waals surface area (Å²) in [7, 11) is -2.93. The fourth-order valence-corrected chi connectivity index (χ4v) is 4.73. The maximum Gasteiger partial charge on any atom is 0.339 e. The monoisotopic (exact) mass is 583 g/mol. The Hall–Kier alpha value is -4.14. The van der Waals surface area contributed by atoms with Gasteiger partial charge in [-0.25, -0.2) is 0 Å². The minimum atomic E-state index is -4.26. The summed E-state index contributed by atoms with van der Waals surface area (Å²) in [5.41, 5.74) is 2.21. The number of ether oxygens (including phenoxy) is 1. The Bertz CT molecular complexity index is 1510. The second-order valence-corrected chi connectivity index (χ2v) is 10.2. The van der Waals surface area contributed by atoms with E-state index < -0.39 is 16.0 Å². The van der Waals surface area contributed by atoms with Gasteiger partial charge in [-0.3, -0.25) is 9.59 Å². The minimum Gasteiger partial charge on any atom is -0.493 e. The second-order valence-electron chi connectivity index (χ2n) is 7.77. The fraction of sp³-hybridized carbons (Fsp3) is 0.115. The van der Waals surface area contributed by atoms with Crippen molar-refractivity contribution in [3.8, 4) is 17.6 Å². The van der Waals surface area contributed by atoms with Gasteiger partial charge in [-0.1, -0.05) is 17.7 Å². The molecule has 11 heteroatoms. The highest BCUT2D eigenvalue weighted by atomic mass is 79.9. The van der Waals surface area contributed by atoms with E-state index >= 15 is 0 Å². The molecule has 0 atom stereocenters. The summed E-state index contributed by atoms with van der Waals surface area (Å²) in [6.45, 7) is 3.26. The molecule has 0 radical (unpaired) electrons. The van der Waals surface area contributed by atoms with Crippen LogP contribution in [0.5, 0.6) is 11.5 Å². The number of carbonyl (C=O) groups excluding carboxylic acids is 2. The van der Waals surface area contributed by atoms with Gasteiger partial charge in [0.1, 0.15) is 16.5 Å². The number of anilines is 2. The molecular weight excluding hydrogens is 562 g/mol. The molecule has 0 aliphatic heterocycles. The molecule has 3 aromatic rings. The first-order chi connectivity index (χ1) is 17.5. The topological polar surface area (TPSA) is 135 Å². The van der Waals surface area contributed by atoms with Gasteiger partial charge >= 0.3 is 10.1 Å². The molecule has 0 saturated heterocycles. The molecule has 0 aromatic heterocycles. The SMILES string of the molecule is COc1cc(/C=C(\C#N)C(=O)Nc2ccc(C)cc2)cc(Br)c1OS(=O)(=O)c1ccc(NC(C)=O)cc1. The number of rotatable bonds is 8. The molecule has 9 nitrogen and oxygen atoms in total. The van der Waals surface area contributed by atoms with Crippen LogP contribution in [0.15, 0.2) is 75.6 Å². The lowest BCUT2D eigenvalue weighted by Crippen LogP contribution is -2.13. The number of carbonyl (C=O) groups is 2. The van der Waals surface area contributed by atoms with E-state index in [1.807, 2.05) is 25.1 Å². The van der Waals surface area contributed by atoms with Crippen LogP contribution in [0.1, 0.15) is 18.1 Å². The maximum absolute atomic E-state index is 12.9. The number of amides is 2. The normalized spacial score (nSPS) is 11.3. The fourth-order valence-electron chi connectivity index (χ4n) is 3.12. The average molecular weight is 584 g/mol. The first-order valence-electron chi connectivity index (χ1n) is 10.7. The Balaban J connectivity index is 1.87. The van der Waals surface area contributed by atoms with Crippen LogP contribution in [0.25, 0.3) is 6.08 Å². The largest absolute Gasteiger partial charge is 0.493 e. The highest BCUT2D eigenvalue weighted by Crippen LogP contribution is 2.39. The van der Waals surface area contributed by atoms with Gasteiger partial charge in [-0.15, -0.1) is 0 Å². The lowest BCUT2D eigenvalue weighted by atomic mass is 10.1. The Morgan fingerprint density at radius 3 is 2.16 bits per heavy atom. The number of hydrogen-bond donors (Lipinski definition) is 2. The van der Waals surface area contributed by atoms with E-state index in [1.165, 1.54) is 56.5 Å². The lowest BCUT2D eigenvalue weighted by Gasteiger charge is -2.14. The molecule has 0 bridgehead atoms. The zero-order chi connectivity index (χ0) is 27.2. The van der Waals surface area contributed by atoms with Crippen molar-refractivity contribution in [1.82, 2.24) is 0 Å². The molecule has 0 unspecified atom stereocenters. The quantitative estimate of drug-likeness (QED) is 0.215. The Morgan fingerprint density at radius 1 is 1.00 bits per heavy atom. The standard InChI is InChI=1S/C26H22BrN3O6S/c1-16-4-6-21(7-5-16)30-26(32)19(15-28)12-18-13-23(27)25(24(14-18)35-3)36-37(33,34)22-10-8-20(9-11-22)29-17(2)31/h4-14H,1-3H3,(H,29,31)(H,30,32)/b19-12+. The van der Waals surface area contributed by atoms with Crippen molar-refractivity contribution in [2.45, 2.75) is 18.7 Å². The smallest absolute Gasteiger partial charge is 0.339 e. The number of methoxy groups -OCH3 is 1. The summed E-state index contributed by atoms with van der Waals surface area (Å²) in [5, 5.41) is 14.7. The number of aryl methyl sites for hydroxylation is 1. The van der Waals surface area contributed by atoms with Crippen LogP contribution in [0, 0.1) is 18.3 Å². The van der Waals surface area contributed by atoms with Crippen LogP contribution in [0.2, 0.25) is 0 Å². The molecule has 190 valence electrons. The van der Waals surface area contributed by atoms with E-state index in [1.54, 1.807) is 12.1 Å². The average Bonchev–Trinajstić information content (AvgIpc) is 2.85. The van der Waals surface area contributed by atoms with Crippen molar-refractivity contribution < 1.29 is 26.9 Å². The molecular formula is C26H22BrN3O6S. The number of hydrogen-bond acceptors (Lipinski definition) is 7. The molecule has 2 amide bonds. The Kier molecular flexibility index (Phi) is 8.70. The van der Waals surface area contributed by atoms with E-state index in [0.717, 1.165) is 5.56 Å². The predicted molar refractivity (Wildman–Crippen MR) is 143 cm³/mol. The molecule has 0 saturated carbocycles. The third-order valence-electron chi connectivity index (χ3n) is 4.89. The van der Waals surface area contributed by atoms with Gasteiger partial charge in [0.15, 0.2) is 11.5 Å². The highest BCUT2D eigenvalue weighted by Gasteiger charge is 2.22. The van der Waals surface area contributed by atoms with Crippen LogP contribution >= 0.6 is 15.9 Å². The molecule has 0 aliphatic carbocycles. The van der Waals surface area contributed by atoms with Crippen LogP contribution in [0.3, 0.4) is 0 Å². The van der Waals surface area contributed by atoms with Gasteiger partial charge in [0.25, 0.3) is 5.91 Å². The predicted octanol–water partition coefficient (Wildman–Crippen LogP) is 5.04. The summed E-state index contributed by atoms with van der Waals surface area (Å²) < 4.78 is 36.6. The van der Waals surface area contributed by atoms with Crippen molar-refractivity contribution in [3.63, 3.8) is 0 Å². The molecule has 3 rings (SSSR count). The van der Waals surface area contributed by atoms with E-state index in [4.69, 9.17) is 8.92 Å². The summed E-state index contributed by atoms with van der Waals surface area (Å²) in [5.74, 6) is -0.961. The number of benzene rings is 3. The zero-order valence-electron chi connectivity index (χ0n) is 20.0. The second kappa shape index (κ2) is 11.7. The number of halogens is 1.